The van der Waals surface area contributed by atoms with E-state index in [0.29, 0.717) is 5.69 Å². The number of amidine groups is 1. The Labute approximate surface area is 131 Å². The Morgan fingerprint density at radius 1 is 1.39 bits per heavy atom. The molecule has 2 heterocycles. The molecule has 23 heavy (non-hydrogen) atoms. The van der Waals surface area contributed by atoms with Gasteiger partial charge in [-0.3, -0.25) is 15.8 Å². The maximum absolute atomic E-state index is 8.81. The fraction of sp³-hybridized carbons (Fsp3) is 0. The lowest BCUT2D eigenvalue weighted by Gasteiger charge is -2.00. The molecule has 112 valence electrons. The number of rotatable bonds is 4. The van der Waals surface area contributed by atoms with Gasteiger partial charge in [-0.1, -0.05) is 0 Å². The standard InChI is InChI=1S/C15H12N8/c16-7-13(14(17)18)23-22-10-3-4-11-12(6-10)21-15(20-11)9-2-1-5-19-8-9/h1-6,8,22H,(H3,17,18)(H,20,21)/b23-13+. The largest absolute Gasteiger partial charge is 0.382 e. The summed E-state index contributed by atoms with van der Waals surface area (Å²) < 4.78 is 0. The average Bonchev–Trinajstić information content (AvgIpc) is 2.99. The summed E-state index contributed by atoms with van der Waals surface area (Å²) in [6, 6.07) is 10.9. The van der Waals surface area contributed by atoms with Crippen LogP contribution in [0.4, 0.5) is 5.69 Å². The van der Waals surface area contributed by atoms with Gasteiger partial charge in [-0.15, -0.1) is 0 Å². The van der Waals surface area contributed by atoms with Gasteiger partial charge in [0, 0.05) is 18.0 Å². The highest BCUT2D eigenvalue weighted by molar-refractivity contribution is 6.45. The number of fused-ring (bicyclic) bond motifs is 1. The second kappa shape index (κ2) is 5.95. The first kappa shape index (κ1) is 14.2. The van der Waals surface area contributed by atoms with Crippen molar-refractivity contribution < 1.29 is 0 Å². The fourth-order valence-electron chi connectivity index (χ4n) is 1.98. The molecule has 8 nitrogen and oxygen atoms in total. The zero-order valence-electron chi connectivity index (χ0n) is 11.9. The molecule has 0 atom stereocenters. The van der Waals surface area contributed by atoms with E-state index in [1.54, 1.807) is 30.6 Å². The summed E-state index contributed by atoms with van der Waals surface area (Å²) in [6.45, 7) is 0. The minimum Gasteiger partial charge on any atom is -0.382 e. The van der Waals surface area contributed by atoms with Crippen LogP contribution in [-0.4, -0.2) is 26.5 Å². The number of hydrazone groups is 1. The summed E-state index contributed by atoms with van der Waals surface area (Å²) in [7, 11) is 0. The van der Waals surface area contributed by atoms with Crippen molar-refractivity contribution in [1.82, 2.24) is 15.0 Å². The number of anilines is 1. The van der Waals surface area contributed by atoms with Crippen LogP contribution in [0.1, 0.15) is 0 Å². The van der Waals surface area contributed by atoms with E-state index in [1.165, 1.54) is 0 Å². The third kappa shape index (κ3) is 2.98. The van der Waals surface area contributed by atoms with E-state index in [0.717, 1.165) is 22.4 Å². The molecule has 0 saturated carbocycles. The number of nitrogens with one attached hydrogen (secondary N) is 3. The normalized spacial score (nSPS) is 11.2. The van der Waals surface area contributed by atoms with Crippen molar-refractivity contribution in [3.05, 3.63) is 42.7 Å². The Hall–Kier alpha value is -3.73. The first-order valence-electron chi connectivity index (χ1n) is 6.66. The number of H-pyrrole nitrogens is 1. The van der Waals surface area contributed by atoms with Crippen molar-refractivity contribution in [2.75, 3.05) is 5.43 Å². The first-order chi connectivity index (χ1) is 11.2. The molecular weight excluding hydrogens is 292 g/mol. The second-order valence-electron chi connectivity index (χ2n) is 4.66. The fourth-order valence-corrected chi connectivity index (χ4v) is 1.98. The van der Waals surface area contributed by atoms with Crippen molar-refractivity contribution in [2.45, 2.75) is 0 Å². The molecule has 3 rings (SSSR count). The van der Waals surface area contributed by atoms with E-state index in [-0.39, 0.29) is 11.5 Å². The molecule has 0 aliphatic heterocycles. The Morgan fingerprint density at radius 2 is 2.26 bits per heavy atom. The molecule has 0 spiro atoms. The molecule has 0 fully saturated rings. The van der Waals surface area contributed by atoms with Gasteiger partial charge in [0.1, 0.15) is 11.9 Å². The minimum absolute atomic E-state index is 0.175. The number of benzene rings is 1. The molecule has 0 bridgehead atoms. The van der Waals surface area contributed by atoms with Gasteiger partial charge in [0.15, 0.2) is 5.84 Å². The number of pyridine rings is 1. The predicted molar refractivity (Wildman–Crippen MR) is 87.9 cm³/mol. The topological polar surface area (TPSA) is 140 Å². The number of aromatic amines is 1. The summed E-state index contributed by atoms with van der Waals surface area (Å²) >= 11 is 0. The molecule has 0 amide bonds. The van der Waals surface area contributed by atoms with Crippen molar-refractivity contribution in [3.8, 4) is 17.5 Å². The second-order valence-corrected chi connectivity index (χ2v) is 4.66. The van der Waals surface area contributed by atoms with E-state index < -0.39 is 0 Å². The predicted octanol–water partition coefficient (Wildman–Crippen LogP) is 1.85. The van der Waals surface area contributed by atoms with Crippen molar-refractivity contribution in [1.29, 1.82) is 10.7 Å². The number of hydrogen-bond acceptors (Lipinski definition) is 6. The molecule has 3 aromatic rings. The summed E-state index contributed by atoms with van der Waals surface area (Å²) in [5.41, 5.74) is 10.9. The van der Waals surface area contributed by atoms with E-state index >= 15 is 0 Å². The molecule has 0 saturated heterocycles. The zero-order chi connectivity index (χ0) is 16.2. The smallest absolute Gasteiger partial charge is 0.201 e. The zero-order valence-corrected chi connectivity index (χ0v) is 11.9. The van der Waals surface area contributed by atoms with Crippen LogP contribution in [0.2, 0.25) is 0 Å². The van der Waals surface area contributed by atoms with Crippen molar-refractivity contribution in [3.63, 3.8) is 0 Å². The van der Waals surface area contributed by atoms with Gasteiger partial charge in [-0.25, -0.2) is 4.98 Å². The minimum atomic E-state index is -0.388. The summed E-state index contributed by atoms with van der Waals surface area (Å²) in [6.07, 6.45) is 3.43. The molecule has 5 N–H and O–H groups in total. The van der Waals surface area contributed by atoms with E-state index in [9.17, 15) is 0 Å². The quantitative estimate of drug-likeness (QED) is 0.331. The maximum Gasteiger partial charge on any atom is 0.201 e. The van der Waals surface area contributed by atoms with Gasteiger partial charge in [0.25, 0.3) is 0 Å². The van der Waals surface area contributed by atoms with Crippen molar-refractivity contribution >= 4 is 28.3 Å². The van der Waals surface area contributed by atoms with Crippen LogP contribution in [-0.2, 0) is 0 Å². The van der Waals surface area contributed by atoms with E-state index in [2.05, 4.69) is 25.5 Å². The van der Waals surface area contributed by atoms with Crippen LogP contribution in [0.3, 0.4) is 0 Å². The van der Waals surface area contributed by atoms with Crippen LogP contribution < -0.4 is 11.2 Å². The van der Waals surface area contributed by atoms with E-state index in [4.69, 9.17) is 16.4 Å². The van der Waals surface area contributed by atoms with Crippen LogP contribution in [0.15, 0.2) is 47.8 Å². The lowest BCUT2D eigenvalue weighted by molar-refractivity contribution is 1.27. The van der Waals surface area contributed by atoms with E-state index in [1.807, 2.05) is 18.2 Å². The molecule has 0 aliphatic rings. The number of hydrogen-bond donors (Lipinski definition) is 4. The summed E-state index contributed by atoms with van der Waals surface area (Å²) in [4.78, 5) is 11.8. The van der Waals surface area contributed by atoms with Gasteiger partial charge < -0.3 is 10.7 Å². The molecular formula is C15H12N8. The number of imidazole rings is 1. The number of nitrogens with zero attached hydrogens (tertiary/aromatic N) is 4. The van der Waals surface area contributed by atoms with Gasteiger partial charge in [0.2, 0.25) is 5.71 Å². The van der Waals surface area contributed by atoms with Crippen LogP contribution >= 0.6 is 0 Å². The van der Waals surface area contributed by atoms with Gasteiger partial charge in [-0.05, 0) is 30.3 Å². The van der Waals surface area contributed by atoms with Gasteiger partial charge in [0.05, 0.1) is 16.7 Å². The van der Waals surface area contributed by atoms with Gasteiger partial charge >= 0.3 is 0 Å². The molecule has 8 heteroatoms. The molecule has 0 aliphatic carbocycles. The Kier molecular flexibility index (Phi) is 3.68. The Balaban J connectivity index is 1.91. The highest BCUT2D eigenvalue weighted by Gasteiger charge is 2.06. The molecule has 0 unspecified atom stereocenters. The average molecular weight is 304 g/mol. The Morgan fingerprint density at radius 3 is 2.96 bits per heavy atom. The summed E-state index contributed by atoms with van der Waals surface area (Å²) in [5, 5.41) is 19.8. The lowest BCUT2D eigenvalue weighted by Crippen LogP contribution is -2.21. The highest BCUT2D eigenvalue weighted by atomic mass is 15.3. The summed E-state index contributed by atoms with van der Waals surface area (Å²) in [5.74, 6) is 0.330. The maximum atomic E-state index is 8.81. The van der Waals surface area contributed by atoms with Crippen LogP contribution in [0, 0.1) is 16.7 Å². The molecule has 2 aromatic heterocycles. The highest BCUT2D eigenvalue weighted by Crippen LogP contribution is 2.22. The number of nitrogens with two attached hydrogens (primary N) is 1. The number of aromatic nitrogens is 3. The molecule has 1 aromatic carbocycles. The Bertz CT molecular complexity index is 933. The third-order valence-electron chi connectivity index (χ3n) is 3.07. The van der Waals surface area contributed by atoms with Crippen LogP contribution in [0.5, 0.6) is 0 Å². The first-order valence-corrected chi connectivity index (χ1v) is 6.66. The number of nitriles is 1. The SMILES string of the molecule is N#C/C(=N\Nc1ccc2nc(-c3cccnc3)[nH]c2c1)C(=N)N. The van der Waals surface area contributed by atoms with Gasteiger partial charge in [-0.2, -0.15) is 10.4 Å². The van der Waals surface area contributed by atoms with Crippen LogP contribution in [0.25, 0.3) is 22.4 Å². The third-order valence-corrected chi connectivity index (χ3v) is 3.07. The molecule has 0 radical (unpaired) electrons. The van der Waals surface area contributed by atoms with Crippen molar-refractivity contribution in [2.24, 2.45) is 10.8 Å². The lowest BCUT2D eigenvalue weighted by atomic mass is 10.3. The monoisotopic (exact) mass is 304 g/mol.